The van der Waals surface area contributed by atoms with E-state index in [1.165, 1.54) is 74.3 Å². The topological polar surface area (TPSA) is 0 Å². The molecular formula is C47H50Cl4Zr. The van der Waals surface area contributed by atoms with Crippen LogP contribution in [0.15, 0.2) is 103 Å². The van der Waals surface area contributed by atoms with Gasteiger partial charge in [-0.1, -0.05) is 0 Å². The van der Waals surface area contributed by atoms with Crippen molar-refractivity contribution in [3.8, 4) is 11.1 Å². The summed E-state index contributed by atoms with van der Waals surface area (Å²) in [6.45, 7) is 21.2. The van der Waals surface area contributed by atoms with E-state index >= 15 is 0 Å². The number of fused-ring (bicyclic) bond motifs is 5. The molecule has 8 rings (SSSR count). The maximum absolute atomic E-state index is 6.95. The van der Waals surface area contributed by atoms with Gasteiger partial charge in [-0.15, -0.1) is 24.8 Å². The monoisotopic (exact) mass is 844 g/mol. The summed E-state index contributed by atoms with van der Waals surface area (Å²) in [5.74, 6) is 0. The molecule has 4 aromatic rings. The number of hydrogen-bond donors (Lipinski definition) is 0. The summed E-state index contributed by atoms with van der Waals surface area (Å²) in [7, 11) is 0. The third-order valence-corrected chi connectivity index (χ3v) is 30.6. The fourth-order valence-electron chi connectivity index (χ4n) is 10.6. The average Bonchev–Trinajstić information content (AvgIpc) is 3.77. The van der Waals surface area contributed by atoms with E-state index in [2.05, 4.69) is 141 Å². The standard InChI is InChI=1S/C25H25.C9H13.2C6H4Cl.CH2.2ClH.Zr/c1-14-12-24(3,4)22-8-16-7-17-9-23-19(15(2)13-25(23,5)6)11-21(17)20(16)10-18(14)22;1-9(2,3)8-6-4-5-7-8;2*7-6-4-2-1-3-5-6;;;;/h8-12H,7H2,1-6H3;6-7H,4H2,1-3H3;2*1-2,4-5H;1H2;2*1H;. The van der Waals surface area contributed by atoms with Gasteiger partial charge in [-0.2, -0.15) is 0 Å². The fraction of sp³-hybridized carbons (Fsp3) is 0.298. The van der Waals surface area contributed by atoms with Crippen LogP contribution in [0.2, 0.25) is 10.0 Å². The van der Waals surface area contributed by atoms with Crippen molar-refractivity contribution < 1.29 is 18.3 Å². The fourth-order valence-corrected chi connectivity index (χ4v) is 29.5. The van der Waals surface area contributed by atoms with Gasteiger partial charge in [0, 0.05) is 0 Å². The van der Waals surface area contributed by atoms with Crippen LogP contribution in [0.5, 0.6) is 0 Å². The van der Waals surface area contributed by atoms with E-state index in [1.54, 1.807) is 0 Å². The summed E-state index contributed by atoms with van der Waals surface area (Å²) in [6.07, 6.45) is 9.25. The molecule has 0 spiro atoms. The Morgan fingerprint density at radius 3 is 1.77 bits per heavy atom. The Balaban J connectivity index is 0.00000232. The van der Waals surface area contributed by atoms with Gasteiger partial charge in [0.2, 0.25) is 0 Å². The first kappa shape index (κ1) is 39.4. The Kier molecular flexibility index (Phi) is 9.59. The van der Waals surface area contributed by atoms with Crippen LogP contribution in [0, 0.1) is 5.41 Å². The molecule has 0 saturated carbocycles. The first-order valence-corrected chi connectivity index (χ1v) is 25.5. The van der Waals surface area contributed by atoms with Gasteiger partial charge in [0.15, 0.2) is 0 Å². The average molecular weight is 848 g/mol. The molecule has 0 saturated heterocycles. The minimum atomic E-state index is -5.08. The van der Waals surface area contributed by atoms with Gasteiger partial charge in [-0.05, 0) is 0 Å². The van der Waals surface area contributed by atoms with Crippen molar-refractivity contribution in [2.45, 2.75) is 86.0 Å². The van der Waals surface area contributed by atoms with Gasteiger partial charge < -0.3 is 0 Å². The summed E-state index contributed by atoms with van der Waals surface area (Å²) in [4.78, 5) is 0. The Hall–Kier alpha value is -2.25. The SMILES string of the molecule is Cl.Cl.[CH2]=[Zr]([C]1=CC(C(C)(C)C)=CC1)([C]1=C(C)c2cc3c(cc2C1(C)C)Cc1cc2c(cc1-3)C(C)=CC2(C)C)([c]1cccc(Cl)c1)[c]1cccc(Cl)c1. The molecule has 0 nitrogen and oxygen atoms in total. The van der Waals surface area contributed by atoms with Crippen molar-refractivity contribution in [2.24, 2.45) is 5.41 Å². The Bertz CT molecular complexity index is 2350. The van der Waals surface area contributed by atoms with Crippen LogP contribution in [0.3, 0.4) is 0 Å². The van der Waals surface area contributed by atoms with Crippen molar-refractivity contribution in [1.29, 1.82) is 0 Å². The van der Waals surface area contributed by atoms with E-state index in [4.69, 9.17) is 27.4 Å². The van der Waals surface area contributed by atoms with Crippen molar-refractivity contribution >= 4 is 69.9 Å². The van der Waals surface area contributed by atoms with Crippen LogP contribution < -0.4 is 6.54 Å². The molecule has 0 radical (unpaired) electrons. The zero-order chi connectivity index (χ0) is 35.8. The van der Waals surface area contributed by atoms with Crippen LogP contribution in [0.25, 0.3) is 22.3 Å². The van der Waals surface area contributed by atoms with Gasteiger partial charge in [0.1, 0.15) is 0 Å². The number of halogens is 4. The second kappa shape index (κ2) is 12.6. The number of benzene rings is 4. The second-order valence-electron chi connectivity index (χ2n) is 17.7. The zero-order valence-corrected chi connectivity index (χ0v) is 37.5. The molecule has 52 heavy (non-hydrogen) atoms. The zero-order valence-electron chi connectivity index (χ0n) is 31.9. The van der Waals surface area contributed by atoms with Crippen LogP contribution in [-0.2, 0) is 35.5 Å². The van der Waals surface area contributed by atoms with Crippen LogP contribution >= 0.6 is 48.0 Å². The molecule has 0 fully saturated rings. The third kappa shape index (κ3) is 5.34. The molecule has 0 heterocycles. The van der Waals surface area contributed by atoms with Crippen LogP contribution in [0.4, 0.5) is 0 Å². The van der Waals surface area contributed by atoms with Gasteiger partial charge in [-0.3, -0.25) is 0 Å². The molecule has 0 aliphatic heterocycles. The number of rotatable bonds is 4. The van der Waals surface area contributed by atoms with Crippen LogP contribution in [-0.4, -0.2) is 4.21 Å². The summed E-state index contributed by atoms with van der Waals surface area (Å²) < 4.78 is 11.2. The molecule has 0 unspecified atom stereocenters. The molecule has 4 aromatic carbocycles. The molecule has 270 valence electrons. The van der Waals surface area contributed by atoms with E-state index in [-0.39, 0.29) is 41.1 Å². The van der Waals surface area contributed by atoms with E-state index in [1.807, 2.05) is 12.1 Å². The van der Waals surface area contributed by atoms with E-state index in [0.717, 1.165) is 22.9 Å². The first-order valence-electron chi connectivity index (χ1n) is 18.1. The van der Waals surface area contributed by atoms with Gasteiger partial charge in [0.25, 0.3) is 0 Å². The van der Waals surface area contributed by atoms with Crippen molar-refractivity contribution in [3.05, 3.63) is 147 Å². The Labute approximate surface area is 334 Å². The van der Waals surface area contributed by atoms with Gasteiger partial charge in [0.05, 0.1) is 0 Å². The van der Waals surface area contributed by atoms with Crippen molar-refractivity contribution in [1.82, 2.24) is 0 Å². The third-order valence-electron chi connectivity index (χ3n) is 12.9. The summed E-state index contributed by atoms with van der Waals surface area (Å²) in [5, 5.41) is 1.50. The molecule has 0 bridgehead atoms. The summed E-state index contributed by atoms with van der Waals surface area (Å²) >= 11 is 8.83. The van der Waals surface area contributed by atoms with Gasteiger partial charge >= 0.3 is 313 Å². The molecule has 0 aromatic heterocycles. The molecule has 4 aliphatic carbocycles. The predicted octanol–water partition coefficient (Wildman–Crippen LogP) is 13.2. The van der Waals surface area contributed by atoms with E-state index in [9.17, 15) is 0 Å². The quantitative estimate of drug-likeness (QED) is 0.169. The van der Waals surface area contributed by atoms with E-state index in [0.29, 0.717) is 0 Å². The number of allylic oxidation sites excluding steroid dienone is 8. The molecule has 4 aliphatic rings. The van der Waals surface area contributed by atoms with E-state index < -0.39 is 18.3 Å². The molecular weight excluding hydrogens is 798 g/mol. The van der Waals surface area contributed by atoms with Crippen molar-refractivity contribution in [2.75, 3.05) is 0 Å². The number of hydrogen-bond acceptors (Lipinski definition) is 0. The maximum atomic E-state index is 6.95. The normalized spacial score (nSPS) is 18.0. The van der Waals surface area contributed by atoms with Gasteiger partial charge in [-0.25, -0.2) is 0 Å². The first-order chi connectivity index (χ1) is 23.4. The molecule has 0 amide bonds. The molecule has 5 heteroatoms. The summed E-state index contributed by atoms with van der Waals surface area (Å²) in [5.41, 5.74) is 15.2. The van der Waals surface area contributed by atoms with Crippen LogP contribution in [0.1, 0.15) is 102 Å². The summed E-state index contributed by atoms with van der Waals surface area (Å²) in [6, 6.07) is 27.4. The van der Waals surface area contributed by atoms with Crippen molar-refractivity contribution in [3.63, 3.8) is 0 Å². The minimum absolute atomic E-state index is 0. The second-order valence-corrected chi connectivity index (χ2v) is 31.4. The molecule has 0 N–H and O–H groups in total. The Morgan fingerprint density at radius 2 is 1.25 bits per heavy atom. The predicted molar refractivity (Wildman–Crippen MR) is 231 cm³/mol. The Morgan fingerprint density at radius 1 is 0.712 bits per heavy atom. The molecule has 0 atom stereocenters.